The Hall–Kier alpha value is -4.79. The number of methoxy groups -OCH3 is 5. The first-order chi connectivity index (χ1) is 18.0. The van der Waals surface area contributed by atoms with E-state index in [1.165, 1.54) is 20.4 Å². The summed E-state index contributed by atoms with van der Waals surface area (Å²) in [5, 5.41) is 4.85. The number of hydrogen-bond donors (Lipinski definition) is 1. The second-order valence-corrected chi connectivity index (χ2v) is 7.79. The number of ether oxygens (including phenoxy) is 5. The minimum Gasteiger partial charge on any atom is -0.497 e. The highest BCUT2D eigenvalue weighted by Crippen LogP contribution is 2.35. The maximum Gasteiger partial charge on any atom is 0.272 e. The zero-order chi connectivity index (χ0) is 26.4. The van der Waals surface area contributed by atoms with Gasteiger partial charge in [-0.1, -0.05) is 18.2 Å². The van der Waals surface area contributed by atoms with Gasteiger partial charge < -0.3 is 23.7 Å². The number of pyridine rings is 1. The summed E-state index contributed by atoms with van der Waals surface area (Å²) in [5.41, 5.74) is 5.52. The van der Waals surface area contributed by atoms with Crippen LogP contribution in [-0.2, 0) is 0 Å². The van der Waals surface area contributed by atoms with Crippen molar-refractivity contribution in [3.8, 4) is 40.0 Å². The number of amides is 1. The van der Waals surface area contributed by atoms with Gasteiger partial charge in [0.25, 0.3) is 5.91 Å². The van der Waals surface area contributed by atoms with Crippen molar-refractivity contribution in [2.24, 2.45) is 5.10 Å². The van der Waals surface area contributed by atoms with E-state index in [0.717, 1.165) is 0 Å². The molecule has 1 heterocycles. The Morgan fingerprint density at radius 3 is 2.19 bits per heavy atom. The molecule has 0 aliphatic heterocycles. The van der Waals surface area contributed by atoms with Gasteiger partial charge in [0.05, 0.1) is 58.5 Å². The Morgan fingerprint density at radius 2 is 1.49 bits per heavy atom. The largest absolute Gasteiger partial charge is 0.497 e. The molecule has 9 nitrogen and oxygen atoms in total. The minimum atomic E-state index is -0.405. The molecule has 0 spiro atoms. The molecule has 3 aromatic carbocycles. The van der Waals surface area contributed by atoms with Crippen LogP contribution >= 0.6 is 0 Å². The van der Waals surface area contributed by atoms with Gasteiger partial charge in [0.15, 0.2) is 11.5 Å². The maximum absolute atomic E-state index is 13.3. The summed E-state index contributed by atoms with van der Waals surface area (Å²) in [6.45, 7) is 0. The summed E-state index contributed by atoms with van der Waals surface area (Å²) >= 11 is 0. The molecule has 1 amide bonds. The van der Waals surface area contributed by atoms with Crippen molar-refractivity contribution >= 4 is 23.0 Å². The molecule has 0 fully saturated rings. The SMILES string of the molecule is COc1ccc(OC)c(-c2cc(C(=O)NN=Cc3cc(OC)c(OC)cc3OC)c3ccccc3n2)c1. The smallest absolute Gasteiger partial charge is 0.272 e. The van der Waals surface area contributed by atoms with Crippen LogP contribution in [0.1, 0.15) is 15.9 Å². The Bertz CT molecular complexity index is 1470. The van der Waals surface area contributed by atoms with E-state index in [1.807, 2.05) is 30.3 Å². The van der Waals surface area contributed by atoms with Crippen LogP contribution in [0.3, 0.4) is 0 Å². The van der Waals surface area contributed by atoms with E-state index in [9.17, 15) is 4.79 Å². The summed E-state index contributed by atoms with van der Waals surface area (Å²) in [7, 11) is 7.78. The lowest BCUT2D eigenvalue weighted by molar-refractivity contribution is 0.0956. The Morgan fingerprint density at radius 1 is 0.784 bits per heavy atom. The predicted octanol–water partition coefficient (Wildman–Crippen LogP) is 4.71. The molecule has 1 N–H and O–H groups in total. The Kier molecular flexibility index (Phi) is 7.73. The third-order valence-corrected chi connectivity index (χ3v) is 5.75. The number of hydrogen-bond acceptors (Lipinski definition) is 8. The molecule has 9 heteroatoms. The van der Waals surface area contributed by atoms with Crippen molar-refractivity contribution in [2.75, 3.05) is 35.5 Å². The molecule has 0 bridgehead atoms. The average molecular weight is 502 g/mol. The fourth-order valence-electron chi connectivity index (χ4n) is 3.89. The van der Waals surface area contributed by atoms with Crippen LogP contribution < -0.4 is 29.1 Å². The standard InChI is InChI=1S/C28H27N3O6/c1-33-18-10-11-24(34-2)21(13-18)23-14-20(19-8-6-7-9-22(19)30-23)28(32)31-29-16-17-12-26(36-4)27(37-5)15-25(17)35-3/h6-16H,1-5H3,(H,31,32). The molecule has 4 rings (SSSR count). The summed E-state index contributed by atoms with van der Waals surface area (Å²) in [4.78, 5) is 18.1. The summed E-state index contributed by atoms with van der Waals surface area (Å²) in [5.74, 6) is 2.38. The van der Waals surface area contributed by atoms with Gasteiger partial charge in [0.2, 0.25) is 0 Å². The van der Waals surface area contributed by atoms with Crippen LogP contribution in [0.4, 0.5) is 0 Å². The molecule has 0 atom stereocenters. The number of carbonyl (C=O) groups excluding carboxylic acids is 1. The highest BCUT2D eigenvalue weighted by atomic mass is 16.5. The van der Waals surface area contributed by atoms with Gasteiger partial charge in [-0.25, -0.2) is 10.4 Å². The lowest BCUT2D eigenvalue weighted by atomic mass is 10.0. The van der Waals surface area contributed by atoms with Gasteiger partial charge in [0.1, 0.15) is 17.2 Å². The first kappa shape index (κ1) is 25.3. The highest BCUT2D eigenvalue weighted by Gasteiger charge is 2.17. The van der Waals surface area contributed by atoms with Crippen LogP contribution in [0.25, 0.3) is 22.2 Å². The van der Waals surface area contributed by atoms with Crippen molar-refractivity contribution in [1.82, 2.24) is 10.4 Å². The van der Waals surface area contributed by atoms with Crippen molar-refractivity contribution < 1.29 is 28.5 Å². The van der Waals surface area contributed by atoms with Crippen LogP contribution in [0.2, 0.25) is 0 Å². The molecule has 4 aromatic rings. The molecule has 0 aliphatic rings. The molecule has 0 unspecified atom stereocenters. The molecule has 0 radical (unpaired) electrons. The molecular formula is C28H27N3O6. The molecule has 37 heavy (non-hydrogen) atoms. The Labute approximate surface area is 214 Å². The number of nitrogens with zero attached hydrogens (tertiary/aromatic N) is 2. The average Bonchev–Trinajstić information content (AvgIpc) is 2.95. The number of rotatable bonds is 9. The lowest BCUT2D eigenvalue weighted by Gasteiger charge is -2.13. The number of fused-ring (bicyclic) bond motifs is 1. The first-order valence-electron chi connectivity index (χ1n) is 11.3. The van der Waals surface area contributed by atoms with E-state index < -0.39 is 5.91 Å². The maximum atomic E-state index is 13.3. The fourth-order valence-corrected chi connectivity index (χ4v) is 3.89. The minimum absolute atomic E-state index is 0.405. The van der Waals surface area contributed by atoms with Crippen LogP contribution in [-0.4, -0.2) is 52.7 Å². The third kappa shape index (κ3) is 5.25. The van der Waals surface area contributed by atoms with E-state index >= 15 is 0 Å². The number of hydrazone groups is 1. The van der Waals surface area contributed by atoms with Crippen molar-refractivity contribution in [3.63, 3.8) is 0 Å². The van der Waals surface area contributed by atoms with Gasteiger partial charge >= 0.3 is 0 Å². The van der Waals surface area contributed by atoms with Gasteiger partial charge in [0, 0.05) is 22.6 Å². The summed E-state index contributed by atoms with van der Waals surface area (Å²) in [6.07, 6.45) is 1.48. The highest BCUT2D eigenvalue weighted by molar-refractivity contribution is 6.07. The third-order valence-electron chi connectivity index (χ3n) is 5.75. The van der Waals surface area contributed by atoms with Crippen molar-refractivity contribution in [3.05, 3.63) is 71.8 Å². The molecule has 1 aromatic heterocycles. The molecule has 0 saturated carbocycles. The number of para-hydroxylation sites is 1. The fraction of sp³-hybridized carbons (Fsp3) is 0.179. The van der Waals surface area contributed by atoms with Crippen LogP contribution in [0.15, 0.2) is 65.8 Å². The van der Waals surface area contributed by atoms with Gasteiger partial charge in [-0.3, -0.25) is 4.79 Å². The summed E-state index contributed by atoms with van der Waals surface area (Å²) < 4.78 is 27.0. The van der Waals surface area contributed by atoms with E-state index in [4.69, 9.17) is 28.7 Å². The molecule has 190 valence electrons. The predicted molar refractivity (Wildman–Crippen MR) is 141 cm³/mol. The van der Waals surface area contributed by atoms with E-state index in [0.29, 0.717) is 62.0 Å². The Balaban J connectivity index is 1.71. The second-order valence-electron chi connectivity index (χ2n) is 7.79. The number of nitrogens with one attached hydrogen (secondary N) is 1. The zero-order valence-corrected chi connectivity index (χ0v) is 21.2. The lowest BCUT2D eigenvalue weighted by Crippen LogP contribution is -2.18. The number of aromatic nitrogens is 1. The molecule has 0 saturated heterocycles. The number of carbonyl (C=O) groups is 1. The van der Waals surface area contributed by atoms with Gasteiger partial charge in [-0.2, -0.15) is 5.10 Å². The van der Waals surface area contributed by atoms with Gasteiger partial charge in [-0.15, -0.1) is 0 Å². The molecular weight excluding hydrogens is 474 g/mol. The normalized spacial score (nSPS) is 10.8. The van der Waals surface area contributed by atoms with Crippen molar-refractivity contribution in [2.45, 2.75) is 0 Å². The second kappa shape index (κ2) is 11.3. The van der Waals surface area contributed by atoms with E-state index in [-0.39, 0.29) is 0 Å². The first-order valence-corrected chi connectivity index (χ1v) is 11.3. The van der Waals surface area contributed by atoms with Crippen molar-refractivity contribution in [1.29, 1.82) is 0 Å². The van der Waals surface area contributed by atoms with E-state index in [1.54, 1.807) is 51.7 Å². The number of benzene rings is 3. The van der Waals surface area contributed by atoms with Crippen LogP contribution in [0.5, 0.6) is 28.7 Å². The molecule has 0 aliphatic carbocycles. The zero-order valence-electron chi connectivity index (χ0n) is 21.2. The summed E-state index contributed by atoms with van der Waals surface area (Å²) in [6, 6.07) is 17.9. The van der Waals surface area contributed by atoms with Crippen LogP contribution in [0, 0.1) is 0 Å². The topological polar surface area (TPSA) is 101 Å². The quantitative estimate of drug-likeness (QED) is 0.262. The monoisotopic (exact) mass is 501 g/mol. The van der Waals surface area contributed by atoms with E-state index in [2.05, 4.69) is 10.5 Å². The van der Waals surface area contributed by atoms with Gasteiger partial charge in [-0.05, 0) is 36.4 Å².